The number of aromatic nitrogens is 3. The average molecular weight is 487 g/mol. The number of carbonyl (C=O) groups is 1. The second-order valence-electron chi connectivity index (χ2n) is 7.99. The number of hydrogen-bond donors (Lipinski definition) is 1. The van der Waals surface area contributed by atoms with Crippen LogP contribution in [-0.4, -0.2) is 65.2 Å². The molecule has 1 N–H and O–H groups in total. The molecule has 3 aromatic rings. The summed E-state index contributed by atoms with van der Waals surface area (Å²) in [6.07, 6.45) is 4.12. The van der Waals surface area contributed by atoms with Crippen molar-refractivity contribution in [1.82, 2.24) is 19.9 Å². The highest BCUT2D eigenvalue weighted by Crippen LogP contribution is 2.32. The van der Waals surface area contributed by atoms with Gasteiger partial charge in [-0.3, -0.25) is 14.7 Å². The number of aryl methyl sites for hydroxylation is 2. The third-order valence-corrected chi connectivity index (χ3v) is 7.64. The van der Waals surface area contributed by atoms with E-state index in [0.29, 0.717) is 19.6 Å². The van der Waals surface area contributed by atoms with E-state index in [4.69, 9.17) is 9.72 Å². The molecular weight excluding hydrogens is 456 g/mol. The first-order valence-electron chi connectivity index (χ1n) is 11.2. The van der Waals surface area contributed by atoms with Crippen LogP contribution in [0.15, 0.2) is 23.8 Å². The van der Waals surface area contributed by atoms with Crippen molar-refractivity contribution < 1.29 is 9.53 Å². The summed E-state index contributed by atoms with van der Waals surface area (Å²) in [6.45, 7) is 11.4. The van der Waals surface area contributed by atoms with Gasteiger partial charge >= 0.3 is 5.97 Å². The fourth-order valence-corrected chi connectivity index (χ4v) is 5.40. The van der Waals surface area contributed by atoms with Gasteiger partial charge in [-0.15, -0.1) is 22.7 Å². The lowest BCUT2D eigenvalue weighted by molar-refractivity contribution is -0.143. The van der Waals surface area contributed by atoms with Gasteiger partial charge in [0.25, 0.3) is 0 Å². The number of piperazine rings is 1. The van der Waals surface area contributed by atoms with Crippen LogP contribution in [0.25, 0.3) is 10.6 Å². The first-order valence-corrected chi connectivity index (χ1v) is 12.9. The Labute approximate surface area is 202 Å². The normalized spacial score (nSPS) is 14.5. The van der Waals surface area contributed by atoms with E-state index in [2.05, 4.69) is 50.4 Å². The fraction of sp³-hybridized carbons (Fsp3) is 0.478. The molecule has 1 aliphatic heterocycles. The molecule has 33 heavy (non-hydrogen) atoms. The largest absolute Gasteiger partial charge is 0.466 e. The minimum Gasteiger partial charge on any atom is -0.466 e. The molecule has 0 amide bonds. The van der Waals surface area contributed by atoms with Crippen LogP contribution in [0.2, 0.25) is 0 Å². The summed E-state index contributed by atoms with van der Waals surface area (Å²) in [4.78, 5) is 32.5. The number of hydrogen-bond acceptors (Lipinski definition) is 10. The molecule has 176 valence electrons. The monoisotopic (exact) mass is 486 g/mol. The zero-order valence-electron chi connectivity index (χ0n) is 19.3. The van der Waals surface area contributed by atoms with Crippen LogP contribution in [0.3, 0.4) is 0 Å². The van der Waals surface area contributed by atoms with Crippen molar-refractivity contribution in [3.05, 3.63) is 40.0 Å². The van der Waals surface area contributed by atoms with Gasteiger partial charge in [0.15, 0.2) is 5.13 Å². The molecule has 0 aromatic carbocycles. The third-order valence-electron chi connectivity index (χ3n) is 5.67. The summed E-state index contributed by atoms with van der Waals surface area (Å²) >= 11 is 3.39. The number of nitrogens with zero attached hydrogens (tertiary/aromatic N) is 5. The van der Waals surface area contributed by atoms with E-state index < -0.39 is 0 Å². The molecule has 1 fully saturated rings. The maximum Gasteiger partial charge on any atom is 0.307 e. The predicted molar refractivity (Wildman–Crippen MR) is 134 cm³/mol. The highest BCUT2D eigenvalue weighted by Gasteiger charge is 2.19. The smallest absolute Gasteiger partial charge is 0.307 e. The summed E-state index contributed by atoms with van der Waals surface area (Å²) in [5.41, 5.74) is 3.21. The molecule has 0 spiro atoms. The summed E-state index contributed by atoms with van der Waals surface area (Å²) in [7, 11) is 0. The van der Waals surface area contributed by atoms with Crippen LogP contribution in [0.1, 0.15) is 29.5 Å². The van der Waals surface area contributed by atoms with E-state index in [1.54, 1.807) is 22.7 Å². The highest BCUT2D eigenvalue weighted by molar-refractivity contribution is 7.17. The number of nitrogens with one attached hydrogen (secondary N) is 1. The van der Waals surface area contributed by atoms with E-state index >= 15 is 0 Å². The SMILES string of the molecule is CCOC(=O)CCN1CCN(c2cnc(CNc3nc(-c4cc(C)c(C)s4)cs3)cn2)CC1. The van der Waals surface area contributed by atoms with Gasteiger partial charge in [0.2, 0.25) is 0 Å². The van der Waals surface area contributed by atoms with Gasteiger partial charge in [-0.05, 0) is 32.4 Å². The van der Waals surface area contributed by atoms with Crippen molar-refractivity contribution in [2.45, 2.75) is 33.7 Å². The molecule has 0 saturated carbocycles. The van der Waals surface area contributed by atoms with Crippen molar-refractivity contribution in [2.24, 2.45) is 0 Å². The van der Waals surface area contributed by atoms with Crippen molar-refractivity contribution in [3.8, 4) is 10.6 Å². The minimum absolute atomic E-state index is 0.124. The maximum atomic E-state index is 11.5. The Balaban J connectivity index is 1.23. The number of thiazole rings is 1. The Morgan fingerprint density at radius 1 is 1.18 bits per heavy atom. The Morgan fingerprint density at radius 2 is 2.00 bits per heavy atom. The molecule has 0 unspecified atom stereocenters. The quantitative estimate of drug-likeness (QED) is 0.455. The molecule has 4 heterocycles. The van der Waals surface area contributed by atoms with Crippen molar-refractivity contribution in [2.75, 3.05) is 49.5 Å². The number of carbonyl (C=O) groups excluding carboxylic acids is 1. The van der Waals surface area contributed by atoms with Gasteiger partial charge in [0, 0.05) is 43.0 Å². The van der Waals surface area contributed by atoms with Crippen molar-refractivity contribution in [3.63, 3.8) is 0 Å². The van der Waals surface area contributed by atoms with Gasteiger partial charge in [-0.1, -0.05) is 0 Å². The Morgan fingerprint density at radius 3 is 2.67 bits per heavy atom. The number of thiophene rings is 1. The van der Waals surface area contributed by atoms with Crippen molar-refractivity contribution in [1.29, 1.82) is 0 Å². The molecule has 4 rings (SSSR count). The maximum absolute atomic E-state index is 11.5. The fourth-order valence-electron chi connectivity index (χ4n) is 3.62. The first-order chi connectivity index (χ1) is 16.0. The lowest BCUT2D eigenvalue weighted by Crippen LogP contribution is -2.47. The van der Waals surface area contributed by atoms with E-state index in [1.165, 1.54) is 15.3 Å². The molecule has 8 nitrogen and oxygen atoms in total. The minimum atomic E-state index is -0.124. The van der Waals surface area contributed by atoms with Crippen LogP contribution in [0.5, 0.6) is 0 Å². The topological polar surface area (TPSA) is 83.5 Å². The average Bonchev–Trinajstić information content (AvgIpc) is 3.44. The van der Waals surface area contributed by atoms with Crippen LogP contribution in [0, 0.1) is 13.8 Å². The Kier molecular flexibility index (Phi) is 7.89. The Bertz CT molecular complexity index is 1040. The van der Waals surface area contributed by atoms with E-state index in [1.807, 2.05) is 19.3 Å². The lowest BCUT2D eigenvalue weighted by Gasteiger charge is -2.35. The van der Waals surface area contributed by atoms with Crippen LogP contribution in [-0.2, 0) is 16.1 Å². The Hall–Kier alpha value is -2.56. The van der Waals surface area contributed by atoms with E-state index in [9.17, 15) is 4.79 Å². The molecule has 1 saturated heterocycles. The zero-order chi connectivity index (χ0) is 23.2. The molecule has 10 heteroatoms. The summed E-state index contributed by atoms with van der Waals surface area (Å²) in [5, 5.41) is 6.34. The molecule has 3 aromatic heterocycles. The first kappa shape index (κ1) is 23.6. The summed E-state index contributed by atoms with van der Waals surface area (Å²) in [5.74, 6) is 0.768. The lowest BCUT2D eigenvalue weighted by atomic mass is 10.2. The van der Waals surface area contributed by atoms with Crippen molar-refractivity contribution >= 4 is 39.6 Å². The summed E-state index contributed by atoms with van der Waals surface area (Å²) < 4.78 is 5.01. The van der Waals surface area contributed by atoms with Crippen LogP contribution >= 0.6 is 22.7 Å². The standard InChI is InChI=1S/C23H30N6O2S2/c1-4-31-22(30)5-6-28-7-9-29(10-8-28)21-14-24-18(12-25-21)13-26-23-27-19(15-32-23)20-11-16(2)17(3)33-20/h11-12,14-15H,4-10,13H2,1-3H3,(H,26,27). The number of ether oxygens (including phenoxy) is 1. The van der Waals surface area contributed by atoms with Gasteiger partial charge in [-0.25, -0.2) is 9.97 Å². The van der Waals surface area contributed by atoms with E-state index in [0.717, 1.165) is 55.1 Å². The van der Waals surface area contributed by atoms with E-state index in [-0.39, 0.29) is 5.97 Å². The van der Waals surface area contributed by atoms with Gasteiger partial charge in [-0.2, -0.15) is 0 Å². The second-order valence-corrected chi connectivity index (χ2v) is 10.1. The molecule has 0 radical (unpaired) electrons. The highest BCUT2D eigenvalue weighted by atomic mass is 32.1. The summed E-state index contributed by atoms with van der Waals surface area (Å²) in [6, 6.07) is 2.20. The molecule has 0 atom stereocenters. The number of anilines is 2. The predicted octanol–water partition coefficient (Wildman–Crippen LogP) is 3.97. The number of esters is 1. The zero-order valence-corrected chi connectivity index (χ0v) is 21.0. The van der Waals surface area contributed by atoms with Crippen LogP contribution < -0.4 is 10.2 Å². The molecule has 0 bridgehead atoms. The molecule has 1 aliphatic rings. The third kappa shape index (κ3) is 6.27. The van der Waals surface area contributed by atoms with Gasteiger partial charge in [0.05, 0.1) is 48.2 Å². The van der Waals surface area contributed by atoms with Gasteiger partial charge < -0.3 is 15.0 Å². The van der Waals surface area contributed by atoms with Crippen LogP contribution in [0.4, 0.5) is 10.9 Å². The number of rotatable bonds is 9. The molecular formula is C23H30N6O2S2. The second kappa shape index (κ2) is 11.0. The van der Waals surface area contributed by atoms with Gasteiger partial charge in [0.1, 0.15) is 5.82 Å². The molecule has 0 aliphatic carbocycles.